The summed E-state index contributed by atoms with van der Waals surface area (Å²) in [7, 11) is 2.00. The molecule has 90 valence electrons. The molecule has 0 heterocycles. The van der Waals surface area contributed by atoms with Gasteiger partial charge < -0.3 is 10.6 Å². The van der Waals surface area contributed by atoms with E-state index < -0.39 is 0 Å². The molecular weight excluding hydrogens is 222 g/mol. The highest BCUT2D eigenvalue weighted by molar-refractivity contribution is 5.52. The second kappa shape index (κ2) is 5.24. The van der Waals surface area contributed by atoms with E-state index in [0.717, 1.165) is 23.5 Å². The fourth-order valence-electron chi connectivity index (χ4n) is 1.87. The zero-order valence-corrected chi connectivity index (χ0v) is 10.3. The van der Waals surface area contributed by atoms with Gasteiger partial charge in [0.15, 0.2) is 0 Å². The summed E-state index contributed by atoms with van der Waals surface area (Å²) < 4.78 is 0. The molecule has 0 aliphatic rings. The second-order valence-electron chi connectivity index (χ2n) is 4.26. The van der Waals surface area contributed by atoms with Crippen molar-refractivity contribution in [2.24, 2.45) is 0 Å². The maximum absolute atomic E-state index is 8.88. The number of hydrogen-bond acceptors (Lipinski definition) is 3. The largest absolute Gasteiger partial charge is 0.399 e. The van der Waals surface area contributed by atoms with Gasteiger partial charge in [-0.3, -0.25) is 0 Å². The molecule has 3 nitrogen and oxygen atoms in total. The van der Waals surface area contributed by atoms with Gasteiger partial charge in [0.1, 0.15) is 0 Å². The Morgan fingerprint density at radius 2 is 1.94 bits per heavy atom. The lowest BCUT2D eigenvalue weighted by Gasteiger charge is -2.19. The molecule has 0 aromatic heterocycles. The first kappa shape index (κ1) is 12.0. The van der Waals surface area contributed by atoms with Crippen molar-refractivity contribution in [2.45, 2.75) is 6.54 Å². The third-order valence-electron chi connectivity index (χ3n) is 2.79. The van der Waals surface area contributed by atoms with E-state index in [1.54, 1.807) is 6.07 Å². The number of anilines is 2. The van der Waals surface area contributed by atoms with Crippen molar-refractivity contribution < 1.29 is 0 Å². The number of rotatable bonds is 3. The van der Waals surface area contributed by atoms with Crippen molar-refractivity contribution >= 4 is 11.4 Å². The topological polar surface area (TPSA) is 53.0 Å². The Morgan fingerprint density at radius 1 is 1.17 bits per heavy atom. The molecule has 18 heavy (non-hydrogen) atoms. The van der Waals surface area contributed by atoms with Gasteiger partial charge in [0.25, 0.3) is 0 Å². The average Bonchev–Trinajstić information content (AvgIpc) is 2.39. The van der Waals surface area contributed by atoms with Crippen molar-refractivity contribution in [3.05, 3.63) is 59.7 Å². The van der Waals surface area contributed by atoms with E-state index >= 15 is 0 Å². The lowest BCUT2D eigenvalue weighted by Crippen LogP contribution is -2.16. The Balaban J connectivity index is 2.17. The Hall–Kier alpha value is -2.47. The number of benzene rings is 2. The van der Waals surface area contributed by atoms with Crippen LogP contribution in [-0.4, -0.2) is 7.05 Å². The van der Waals surface area contributed by atoms with Gasteiger partial charge in [0, 0.05) is 25.0 Å². The molecule has 0 aliphatic carbocycles. The molecule has 0 fully saturated rings. The van der Waals surface area contributed by atoms with Crippen LogP contribution in [0.3, 0.4) is 0 Å². The molecule has 2 N–H and O–H groups in total. The maximum Gasteiger partial charge on any atom is 0.0992 e. The van der Waals surface area contributed by atoms with Crippen molar-refractivity contribution in [3.63, 3.8) is 0 Å². The molecule has 0 unspecified atom stereocenters. The Bertz CT molecular complexity index is 584. The zero-order chi connectivity index (χ0) is 13.0. The number of hydrogen-bond donors (Lipinski definition) is 1. The summed E-state index contributed by atoms with van der Waals surface area (Å²) in [6.07, 6.45) is 0. The molecular formula is C15H15N3. The minimum Gasteiger partial charge on any atom is -0.399 e. The summed E-state index contributed by atoms with van der Waals surface area (Å²) in [5, 5.41) is 8.88. The SMILES string of the molecule is CN(Cc1cccc(N)c1)c1cccc(C#N)c1. The van der Waals surface area contributed by atoms with E-state index in [1.165, 1.54) is 0 Å². The summed E-state index contributed by atoms with van der Waals surface area (Å²) in [5.74, 6) is 0. The average molecular weight is 237 g/mol. The van der Waals surface area contributed by atoms with Gasteiger partial charge in [-0.2, -0.15) is 5.26 Å². The van der Waals surface area contributed by atoms with Gasteiger partial charge in [0.05, 0.1) is 11.6 Å². The van der Waals surface area contributed by atoms with E-state index in [-0.39, 0.29) is 0 Å². The summed E-state index contributed by atoms with van der Waals surface area (Å²) in [5.41, 5.74) is 9.38. The highest BCUT2D eigenvalue weighted by Gasteiger charge is 2.03. The van der Waals surface area contributed by atoms with Crippen LogP contribution in [0.5, 0.6) is 0 Å². The van der Waals surface area contributed by atoms with Crippen LogP contribution in [-0.2, 0) is 6.54 Å². The van der Waals surface area contributed by atoms with Crippen molar-refractivity contribution in [3.8, 4) is 6.07 Å². The quantitative estimate of drug-likeness (QED) is 0.835. The molecule has 0 radical (unpaired) electrons. The lowest BCUT2D eigenvalue weighted by molar-refractivity contribution is 0.923. The third kappa shape index (κ3) is 2.80. The van der Waals surface area contributed by atoms with Crippen LogP contribution in [0.1, 0.15) is 11.1 Å². The van der Waals surface area contributed by atoms with Crippen molar-refractivity contribution in [2.75, 3.05) is 17.7 Å². The van der Waals surface area contributed by atoms with Gasteiger partial charge in [-0.1, -0.05) is 18.2 Å². The van der Waals surface area contributed by atoms with E-state index in [4.69, 9.17) is 11.0 Å². The fraction of sp³-hybridized carbons (Fsp3) is 0.133. The Labute approximate surface area is 107 Å². The predicted molar refractivity (Wildman–Crippen MR) is 74.1 cm³/mol. The monoisotopic (exact) mass is 237 g/mol. The van der Waals surface area contributed by atoms with Crippen molar-refractivity contribution in [1.82, 2.24) is 0 Å². The van der Waals surface area contributed by atoms with Gasteiger partial charge in [-0.25, -0.2) is 0 Å². The lowest BCUT2D eigenvalue weighted by atomic mass is 10.1. The van der Waals surface area contributed by atoms with Crippen LogP contribution in [0.4, 0.5) is 11.4 Å². The minimum atomic E-state index is 0.673. The van der Waals surface area contributed by atoms with E-state index in [9.17, 15) is 0 Å². The summed E-state index contributed by atoms with van der Waals surface area (Å²) in [4.78, 5) is 2.09. The first-order valence-electron chi connectivity index (χ1n) is 5.75. The molecule has 2 aromatic carbocycles. The Kier molecular flexibility index (Phi) is 3.49. The van der Waals surface area contributed by atoms with E-state index in [0.29, 0.717) is 5.56 Å². The maximum atomic E-state index is 8.88. The van der Waals surface area contributed by atoms with Crippen molar-refractivity contribution in [1.29, 1.82) is 5.26 Å². The van der Waals surface area contributed by atoms with Crippen LogP contribution in [0.2, 0.25) is 0 Å². The molecule has 0 atom stereocenters. The van der Waals surface area contributed by atoms with Gasteiger partial charge in [-0.05, 0) is 35.9 Å². The highest BCUT2D eigenvalue weighted by Crippen LogP contribution is 2.17. The molecule has 0 amide bonds. The molecule has 0 aliphatic heterocycles. The summed E-state index contributed by atoms with van der Waals surface area (Å²) in [6, 6.07) is 17.5. The van der Waals surface area contributed by atoms with E-state index in [2.05, 4.69) is 11.0 Å². The first-order valence-corrected chi connectivity index (χ1v) is 5.75. The van der Waals surface area contributed by atoms with Gasteiger partial charge in [-0.15, -0.1) is 0 Å². The third-order valence-corrected chi connectivity index (χ3v) is 2.79. The number of nitrogens with zero attached hydrogens (tertiary/aromatic N) is 2. The standard InChI is InChI=1S/C15H15N3/c1-18(11-13-5-2-6-14(17)8-13)15-7-3-4-12(9-15)10-16/h2-9H,11,17H2,1H3. The van der Waals surface area contributed by atoms with Crippen LogP contribution < -0.4 is 10.6 Å². The number of nitriles is 1. The fourth-order valence-corrected chi connectivity index (χ4v) is 1.87. The summed E-state index contributed by atoms with van der Waals surface area (Å²) >= 11 is 0. The number of nitrogen functional groups attached to an aromatic ring is 1. The molecule has 2 rings (SSSR count). The first-order chi connectivity index (χ1) is 8.69. The van der Waals surface area contributed by atoms with Crippen LogP contribution in [0.15, 0.2) is 48.5 Å². The minimum absolute atomic E-state index is 0.673. The van der Waals surface area contributed by atoms with Gasteiger partial charge >= 0.3 is 0 Å². The second-order valence-corrected chi connectivity index (χ2v) is 4.26. The molecule has 3 heteroatoms. The molecule has 0 saturated carbocycles. The Morgan fingerprint density at radius 3 is 2.67 bits per heavy atom. The smallest absolute Gasteiger partial charge is 0.0992 e. The molecule has 2 aromatic rings. The van der Waals surface area contributed by atoms with Gasteiger partial charge in [0.2, 0.25) is 0 Å². The normalized spacial score (nSPS) is 9.78. The van der Waals surface area contributed by atoms with Crippen LogP contribution in [0, 0.1) is 11.3 Å². The highest BCUT2D eigenvalue weighted by atomic mass is 15.1. The number of nitrogens with two attached hydrogens (primary N) is 1. The van der Waals surface area contributed by atoms with E-state index in [1.807, 2.05) is 49.5 Å². The molecule has 0 spiro atoms. The molecule has 0 saturated heterocycles. The molecule has 0 bridgehead atoms. The van der Waals surface area contributed by atoms with Crippen LogP contribution in [0.25, 0.3) is 0 Å². The summed E-state index contributed by atoms with van der Waals surface area (Å²) in [6.45, 7) is 0.764. The zero-order valence-electron chi connectivity index (χ0n) is 10.3. The van der Waals surface area contributed by atoms with Crippen LogP contribution >= 0.6 is 0 Å². The predicted octanol–water partition coefficient (Wildman–Crippen LogP) is 2.78.